The third kappa shape index (κ3) is 1.87. The molecule has 2 aromatic rings. The van der Waals surface area contributed by atoms with Crippen molar-refractivity contribution in [3.05, 3.63) is 52.8 Å². The van der Waals surface area contributed by atoms with Crippen molar-refractivity contribution in [1.82, 2.24) is 4.98 Å². The van der Waals surface area contributed by atoms with E-state index in [1.165, 1.54) is 0 Å². The number of carbonyl (C=O) groups excluding carboxylic acids is 1. The molecule has 0 radical (unpaired) electrons. The van der Waals surface area contributed by atoms with E-state index in [1.54, 1.807) is 36.5 Å². The predicted octanol–water partition coefficient (Wildman–Crippen LogP) is 2.48. The van der Waals surface area contributed by atoms with Crippen LogP contribution in [0, 0.1) is 0 Å². The van der Waals surface area contributed by atoms with Crippen molar-refractivity contribution in [3.8, 4) is 0 Å². The Kier molecular flexibility index (Phi) is 2.47. The fourth-order valence-corrected chi connectivity index (χ4v) is 1.43. The number of halogens is 1. The Balaban J connectivity index is 2.39. The van der Waals surface area contributed by atoms with Crippen LogP contribution in [-0.2, 0) is 0 Å². The minimum atomic E-state index is -0.0941. The number of H-pyrrole nitrogens is 1. The molecule has 1 aromatic heterocycles. The van der Waals surface area contributed by atoms with Crippen LogP contribution in [-0.4, -0.2) is 10.8 Å². The maximum atomic E-state index is 11.8. The Morgan fingerprint density at radius 1 is 1.33 bits per heavy atom. The topological polar surface area (TPSA) is 58.9 Å². The van der Waals surface area contributed by atoms with Gasteiger partial charge in [0.15, 0.2) is 0 Å². The fourth-order valence-electron chi connectivity index (χ4n) is 1.31. The number of ketones is 1. The van der Waals surface area contributed by atoms with Gasteiger partial charge in [0, 0.05) is 11.8 Å². The molecule has 0 bridgehead atoms. The van der Waals surface area contributed by atoms with E-state index >= 15 is 0 Å². The first-order valence-corrected chi connectivity index (χ1v) is 4.79. The monoisotopic (exact) mass is 220 g/mol. The number of aromatic nitrogens is 1. The van der Waals surface area contributed by atoms with Crippen molar-refractivity contribution in [3.63, 3.8) is 0 Å². The first-order chi connectivity index (χ1) is 7.18. The van der Waals surface area contributed by atoms with Crippen LogP contribution >= 0.6 is 11.6 Å². The molecule has 0 saturated carbocycles. The van der Waals surface area contributed by atoms with Crippen molar-refractivity contribution >= 4 is 23.1 Å². The van der Waals surface area contributed by atoms with Crippen molar-refractivity contribution in [1.29, 1.82) is 0 Å². The van der Waals surface area contributed by atoms with Gasteiger partial charge in [-0.15, -0.1) is 0 Å². The number of rotatable bonds is 2. The molecule has 0 unspecified atom stereocenters. The molecule has 0 atom stereocenters. The molecule has 3 N–H and O–H groups in total. The number of hydrogen-bond donors (Lipinski definition) is 2. The highest BCUT2D eigenvalue weighted by Crippen LogP contribution is 2.20. The SMILES string of the molecule is Nc1cc(C(=O)c2ccc[nH]2)ccc1Cl. The van der Waals surface area contributed by atoms with Crippen molar-refractivity contribution in [2.24, 2.45) is 0 Å². The summed E-state index contributed by atoms with van der Waals surface area (Å²) in [6.45, 7) is 0. The van der Waals surface area contributed by atoms with Crippen LogP contribution in [0.4, 0.5) is 5.69 Å². The molecular formula is C11H9ClN2O. The third-order valence-electron chi connectivity index (χ3n) is 2.10. The number of nitrogens with two attached hydrogens (primary N) is 1. The summed E-state index contributed by atoms with van der Waals surface area (Å²) in [6, 6.07) is 8.33. The zero-order valence-electron chi connectivity index (χ0n) is 7.83. The van der Waals surface area contributed by atoms with Gasteiger partial charge in [-0.1, -0.05) is 11.6 Å². The van der Waals surface area contributed by atoms with Crippen LogP contribution in [0.25, 0.3) is 0 Å². The Bertz CT molecular complexity index is 491. The van der Waals surface area contributed by atoms with Crippen LogP contribution in [0.1, 0.15) is 16.1 Å². The van der Waals surface area contributed by atoms with Crippen LogP contribution in [0.3, 0.4) is 0 Å². The van der Waals surface area contributed by atoms with Crippen LogP contribution < -0.4 is 5.73 Å². The molecule has 4 heteroatoms. The lowest BCUT2D eigenvalue weighted by Crippen LogP contribution is -2.02. The number of carbonyl (C=O) groups is 1. The lowest BCUT2D eigenvalue weighted by Gasteiger charge is -2.01. The minimum Gasteiger partial charge on any atom is -0.398 e. The number of nitrogens with one attached hydrogen (secondary N) is 1. The van der Waals surface area contributed by atoms with Crippen LogP contribution in [0.15, 0.2) is 36.5 Å². The number of anilines is 1. The fraction of sp³-hybridized carbons (Fsp3) is 0. The Hall–Kier alpha value is -1.74. The second-order valence-corrected chi connectivity index (χ2v) is 3.56. The number of benzene rings is 1. The molecule has 0 amide bonds. The highest BCUT2D eigenvalue weighted by atomic mass is 35.5. The number of hydrogen-bond acceptors (Lipinski definition) is 2. The quantitative estimate of drug-likeness (QED) is 0.604. The molecule has 15 heavy (non-hydrogen) atoms. The van der Waals surface area contributed by atoms with E-state index in [0.29, 0.717) is 22.0 Å². The van der Waals surface area contributed by atoms with Gasteiger partial charge < -0.3 is 10.7 Å². The van der Waals surface area contributed by atoms with Gasteiger partial charge in [-0.2, -0.15) is 0 Å². The molecule has 3 nitrogen and oxygen atoms in total. The zero-order valence-corrected chi connectivity index (χ0v) is 8.58. The average molecular weight is 221 g/mol. The molecule has 76 valence electrons. The number of aromatic amines is 1. The second-order valence-electron chi connectivity index (χ2n) is 3.15. The van der Waals surface area contributed by atoms with Crippen molar-refractivity contribution < 1.29 is 4.79 Å². The standard InChI is InChI=1S/C11H9ClN2O/c12-8-4-3-7(6-9(8)13)11(15)10-2-1-5-14-10/h1-6,14H,13H2. The molecule has 2 rings (SSSR count). The molecule has 1 aromatic carbocycles. The highest BCUT2D eigenvalue weighted by Gasteiger charge is 2.10. The van der Waals surface area contributed by atoms with Crippen molar-refractivity contribution in [2.75, 3.05) is 5.73 Å². The van der Waals surface area contributed by atoms with E-state index in [4.69, 9.17) is 17.3 Å². The van der Waals surface area contributed by atoms with Gasteiger partial charge in [0.05, 0.1) is 16.4 Å². The summed E-state index contributed by atoms with van der Waals surface area (Å²) in [5.41, 5.74) is 7.09. The molecule has 0 aliphatic heterocycles. The number of nitrogen functional groups attached to an aromatic ring is 1. The van der Waals surface area contributed by atoms with Gasteiger partial charge in [0.2, 0.25) is 5.78 Å². The summed E-state index contributed by atoms with van der Waals surface area (Å²) in [6.07, 6.45) is 1.70. The molecule has 0 aliphatic carbocycles. The molecule has 0 aliphatic rings. The maximum absolute atomic E-state index is 11.8. The summed E-state index contributed by atoms with van der Waals surface area (Å²) in [5.74, 6) is -0.0941. The van der Waals surface area contributed by atoms with Gasteiger partial charge in [-0.25, -0.2) is 0 Å². The van der Waals surface area contributed by atoms with Gasteiger partial charge in [-0.05, 0) is 30.3 Å². The van der Waals surface area contributed by atoms with Gasteiger partial charge in [-0.3, -0.25) is 4.79 Å². The largest absolute Gasteiger partial charge is 0.398 e. The zero-order chi connectivity index (χ0) is 10.8. The first-order valence-electron chi connectivity index (χ1n) is 4.41. The van der Waals surface area contributed by atoms with E-state index in [0.717, 1.165) is 0 Å². The summed E-state index contributed by atoms with van der Waals surface area (Å²) in [7, 11) is 0. The second kappa shape index (κ2) is 3.79. The molecule has 0 saturated heterocycles. The summed E-state index contributed by atoms with van der Waals surface area (Å²) >= 11 is 5.77. The van der Waals surface area contributed by atoms with Gasteiger partial charge in [0.1, 0.15) is 0 Å². The maximum Gasteiger partial charge on any atom is 0.209 e. The van der Waals surface area contributed by atoms with Gasteiger partial charge in [0.25, 0.3) is 0 Å². The highest BCUT2D eigenvalue weighted by molar-refractivity contribution is 6.33. The smallest absolute Gasteiger partial charge is 0.209 e. The van der Waals surface area contributed by atoms with E-state index in [-0.39, 0.29) is 5.78 Å². The Labute approximate surface area is 91.9 Å². The van der Waals surface area contributed by atoms with Crippen LogP contribution in [0.5, 0.6) is 0 Å². The van der Waals surface area contributed by atoms with Crippen molar-refractivity contribution in [2.45, 2.75) is 0 Å². The minimum absolute atomic E-state index is 0.0941. The van der Waals surface area contributed by atoms with E-state index in [1.807, 2.05) is 0 Å². The summed E-state index contributed by atoms with van der Waals surface area (Å²) in [4.78, 5) is 14.7. The van der Waals surface area contributed by atoms with Gasteiger partial charge >= 0.3 is 0 Å². The molecule has 1 heterocycles. The Morgan fingerprint density at radius 2 is 2.13 bits per heavy atom. The average Bonchev–Trinajstić information content (AvgIpc) is 2.74. The van der Waals surface area contributed by atoms with E-state index in [2.05, 4.69) is 4.98 Å². The normalized spacial score (nSPS) is 10.2. The molecule has 0 spiro atoms. The lowest BCUT2D eigenvalue weighted by atomic mass is 10.1. The summed E-state index contributed by atoms with van der Waals surface area (Å²) in [5, 5.41) is 0.457. The lowest BCUT2D eigenvalue weighted by molar-refractivity contribution is 0.103. The van der Waals surface area contributed by atoms with E-state index < -0.39 is 0 Å². The molecular weight excluding hydrogens is 212 g/mol. The first kappa shape index (κ1) is 9.80. The Morgan fingerprint density at radius 3 is 2.73 bits per heavy atom. The molecule has 0 fully saturated rings. The van der Waals surface area contributed by atoms with Crippen LogP contribution in [0.2, 0.25) is 5.02 Å². The van der Waals surface area contributed by atoms with E-state index in [9.17, 15) is 4.79 Å². The summed E-state index contributed by atoms with van der Waals surface area (Å²) < 4.78 is 0. The predicted molar refractivity (Wildman–Crippen MR) is 60.1 cm³/mol. The third-order valence-corrected chi connectivity index (χ3v) is 2.44.